The summed E-state index contributed by atoms with van der Waals surface area (Å²) in [5, 5.41) is 0. The molecule has 0 aliphatic rings. The van der Waals surface area contributed by atoms with E-state index < -0.39 is 0 Å². The van der Waals surface area contributed by atoms with Crippen molar-refractivity contribution in [1.29, 1.82) is 0 Å². The molecule has 0 spiro atoms. The lowest BCUT2D eigenvalue weighted by Gasteiger charge is -2.00. The molecule has 0 aromatic rings. The lowest BCUT2D eigenvalue weighted by atomic mass is 10.1. The Hall–Kier alpha value is 0.170. The molecular weight excluding hydrogens is 223 g/mol. The SMILES string of the molecule is CCCC/C=C/[P]CCCCCCCCCC. The fraction of sp³-hybridized carbons (Fsp3) is 0.875. The van der Waals surface area contributed by atoms with Crippen molar-refractivity contribution in [3.8, 4) is 0 Å². The van der Waals surface area contributed by atoms with Gasteiger partial charge in [-0.2, -0.15) is 0 Å². The molecule has 0 bridgehead atoms. The summed E-state index contributed by atoms with van der Waals surface area (Å²) in [6.45, 7) is 4.54. The zero-order valence-corrected chi connectivity index (χ0v) is 13.0. The van der Waals surface area contributed by atoms with Crippen LogP contribution in [0.1, 0.15) is 84.5 Å². The highest BCUT2D eigenvalue weighted by atomic mass is 31.1. The quantitative estimate of drug-likeness (QED) is 0.251. The fourth-order valence-corrected chi connectivity index (χ4v) is 2.74. The first-order valence-corrected chi connectivity index (χ1v) is 8.88. The van der Waals surface area contributed by atoms with Gasteiger partial charge in [-0.05, 0) is 19.0 Å². The van der Waals surface area contributed by atoms with Gasteiger partial charge in [-0.15, -0.1) is 0 Å². The van der Waals surface area contributed by atoms with E-state index in [9.17, 15) is 0 Å². The Labute approximate surface area is 111 Å². The average Bonchev–Trinajstić information content (AvgIpc) is 2.35. The van der Waals surface area contributed by atoms with Crippen LogP contribution in [0.5, 0.6) is 0 Å². The van der Waals surface area contributed by atoms with Crippen LogP contribution in [0.3, 0.4) is 0 Å². The summed E-state index contributed by atoms with van der Waals surface area (Å²) in [6, 6.07) is 0. The smallest absolute Gasteiger partial charge is 0.0250 e. The number of unbranched alkanes of at least 4 members (excludes halogenated alkanes) is 9. The van der Waals surface area contributed by atoms with E-state index in [1.165, 1.54) is 85.4 Å². The van der Waals surface area contributed by atoms with Crippen molar-refractivity contribution < 1.29 is 0 Å². The maximum atomic E-state index is 2.36. The van der Waals surface area contributed by atoms with Crippen molar-refractivity contribution in [2.75, 3.05) is 6.16 Å². The van der Waals surface area contributed by atoms with Crippen LogP contribution in [0, 0.1) is 0 Å². The molecule has 0 aromatic carbocycles. The Morgan fingerprint density at radius 2 is 1.29 bits per heavy atom. The van der Waals surface area contributed by atoms with Crippen molar-refractivity contribution in [3.63, 3.8) is 0 Å². The van der Waals surface area contributed by atoms with E-state index in [1.807, 2.05) is 0 Å². The fourth-order valence-electron chi connectivity index (χ4n) is 1.88. The molecule has 1 heteroatoms. The van der Waals surface area contributed by atoms with E-state index in [2.05, 4.69) is 25.7 Å². The van der Waals surface area contributed by atoms with E-state index in [1.54, 1.807) is 0 Å². The number of rotatable bonds is 13. The van der Waals surface area contributed by atoms with Crippen molar-refractivity contribution in [2.45, 2.75) is 84.5 Å². The second-order valence-electron chi connectivity index (χ2n) is 4.91. The summed E-state index contributed by atoms with van der Waals surface area (Å²) < 4.78 is 0. The van der Waals surface area contributed by atoms with Crippen LogP contribution >= 0.6 is 8.58 Å². The molecule has 0 rings (SSSR count). The minimum absolute atomic E-state index is 1.28. The van der Waals surface area contributed by atoms with Crippen LogP contribution in [0.4, 0.5) is 0 Å². The third-order valence-corrected chi connectivity index (χ3v) is 4.07. The van der Waals surface area contributed by atoms with Gasteiger partial charge >= 0.3 is 0 Å². The third-order valence-electron chi connectivity index (χ3n) is 3.08. The van der Waals surface area contributed by atoms with Gasteiger partial charge in [-0.25, -0.2) is 0 Å². The van der Waals surface area contributed by atoms with Crippen LogP contribution < -0.4 is 0 Å². The van der Waals surface area contributed by atoms with E-state index in [4.69, 9.17) is 0 Å². The van der Waals surface area contributed by atoms with Gasteiger partial charge in [0.05, 0.1) is 0 Å². The van der Waals surface area contributed by atoms with Crippen molar-refractivity contribution in [1.82, 2.24) is 0 Å². The summed E-state index contributed by atoms with van der Waals surface area (Å²) in [7, 11) is 1.54. The average molecular weight is 255 g/mol. The number of allylic oxidation sites excluding steroid dienone is 1. The molecule has 0 nitrogen and oxygen atoms in total. The van der Waals surface area contributed by atoms with E-state index in [0.717, 1.165) is 0 Å². The lowest BCUT2D eigenvalue weighted by Crippen LogP contribution is -1.81. The number of hydrogen-bond donors (Lipinski definition) is 0. The summed E-state index contributed by atoms with van der Waals surface area (Å²) >= 11 is 0. The third kappa shape index (κ3) is 16.2. The summed E-state index contributed by atoms with van der Waals surface area (Å²) in [4.78, 5) is 0. The largest absolute Gasteiger partial charge is 0.0837 e. The lowest BCUT2D eigenvalue weighted by molar-refractivity contribution is 0.586. The normalized spacial score (nSPS) is 12.1. The van der Waals surface area contributed by atoms with Crippen LogP contribution in [0.15, 0.2) is 11.9 Å². The molecular formula is C16H32P. The van der Waals surface area contributed by atoms with Gasteiger partial charge in [0.15, 0.2) is 0 Å². The predicted octanol–water partition coefficient (Wildman–Crippen LogP) is 6.78. The van der Waals surface area contributed by atoms with Gasteiger partial charge in [0, 0.05) is 0 Å². The van der Waals surface area contributed by atoms with Gasteiger partial charge in [0.25, 0.3) is 0 Å². The van der Waals surface area contributed by atoms with Crippen molar-refractivity contribution in [2.24, 2.45) is 0 Å². The molecule has 17 heavy (non-hydrogen) atoms. The van der Waals surface area contributed by atoms with Crippen molar-refractivity contribution in [3.05, 3.63) is 11.9 Å². The Bertz CT molecular complexity index is 152. The molecule has 0 amide bonds. The van der Waals surface area contributed by atoms with Gasteiger partial charge < -0.3 is 0 Å². The van der Waals surface area contributed by atoms with E-state index in [0.29, 0.717) is 0 Å². The molecule has 0 aliphatic heterocycles. The van der Waals surface area contributed by atoms with Crippen LogP contribution in [0.2, 0.25) is 0 Å². The van der Waals surface area contributed by atoms with Gasteiger partial charge in [-0.3, -0.25) is 0 Å². The molecule has 0 fully saturated rings. The zero-order valence-electron chi connectivity index (χ0n) is 12.1. The summed E-state index contributed by atoms with van der Waals surface area (Å²) in [5.74, 6) is 2.36. The molecule has 101 valence electrons. The first kappa shape index (κ1) is 17.2. The first-order valence-electron chi connectivity index (χ1n) is 7.73. The molecule has 0 atom stereocenters. The maximum Gasteiger partial charge on any atom is -0.0250 e. The van der Waals surface area contributed by atoms with Crippen LogP contribution in [0.25, 0.3) is 0 Å². The Morgan fingerprint density at radius 1 is 0.706 bits per heavy atom. The minimum Gasteiger partial charge on any atom is -0.0837 e. The summed E-state index contributed by atoms with van der Waals surface area (Å²) in [6.07, 6.45) is 19.2. The van der Waals surface area contributed by atoms with Gasteiger partial charge in [0.2, 0.25) is 0 Å². The molecule has 0 aromatic heterocycles. The van der Waals surface area contributed by atoms with Gasteiger partial charge in [-0.1, -0.05) is 92.1 Å². The number of hydrogen-bond acceptors (Lipinski definition) is 0. The topological polar surface area (TPSA) is 0 Å². The van der Waals surface area contributed by atoms with Crippen LogP contribution in [-0.2, 0) is 0 Å². The monoisotopic (exact) mass is 255 g/mol. The molecule has 0 saturated carbocycles. The second-order valence-corrected chi connectivity index (χ2v) is 6.02. The summed E-state index contributed by atoms with van der Waals surface area (Å²) in [5.41, 5.74) is 0. The molecule has 0 saturated heterocycles. The molecule has 0 unspecified atom stereocenters. The maximum absolute atomic E-state index is 2.36. The van der Waals surface area contributed by atoms with E-state index in [-0.39, 0.29) is 0 Å². The Morgan fingerprint density at radius 3 is 1.94 bits per heavy atom. The zero-order chi connectivity index (χ0) is 12.6. The highest BCUT2D eigenvalue weighted by Crippen LogP contribution is 2.17. The Kier molecular flexibility index (Phi) is 16.3. The minimum atomic E-state index is 1.28. The first-order chi connectivity index (χ1) is 8.41. The molecule has 0 aliphatic carbocycles. The van der Waals surface area contributed by atoms with E-state index >= 15 is 0 Å². The molecule has 0 N–H and O–H groups in total. The molecule has 0 heterocycles. The Balaban J connectivity index is 2.96. The second kappa shape index (κ2) is 16.2. The highest BCUT2D eigenvalue weighted by Gasteiger charge is 1.91. The van der Waals surface area contributed by atoms with Crippen molar-refractivity contribution >= 4 is 8.58 Å². The molecule has 1 radical (unpaired) electrons. The highest BCUT2D eigenvalue weighted by molar-refractivity contribution is 7.41. The standard InChI is InChI=1S/C16H32P/c1-3-5-7-9-10-11-12-14-16-17-15-13-8-6-4-2/h13,15H,3-12,14,16H2,1-2H3/b15-13+. The van der Waals surface area contributed by atoms with Crippen LogP contribution in [-0.4, -0.2) is 6.16 Å². The van der Waals surface area contributed by atoms with Gasteiger partial charge in [0.1, 0.15) is 0 Å². The predicted molar refractivity (Wildman–Crippen MR) is 83.1 cm³/mol.